The lowest BCUT2D eigenvalue weighted by molar-refractivity contribution is -0.383. The lowest BCUT2D eigenvalue weighted by Gasteiger charge is -2.10. The zero-order chi connectivity index (χ0) is 21.0. The number of ether oxygens (including phenoxy) is 1. The lowest BCUT2D eigenvalue weighted by atomic mass is 10.2. The van der Waals surface area contributed by atoms with E-state index in [4.69, 9.17) is 4.74 Å². The number of anilines is 3. The van der Waals surface area contributed by atoms with Crippen LogP contribution in [-0.2, 0) is 0 Å². The highest BCUT2D eigenvalue weighted by atomic mass is 32.1. The molecule has 0 aliphatic heterocycles. The summed E-state index contributed by atoms with van der Waals surface area (Å²) < 4.78 is 5.04. The fraction of sp³-hybridized carbons (Fsp3) is 0.176. The number of aryl methyl sites for hydroxylation is 2. The maximum Gasteiger partial charge on any atom is 0.355 e. The first kappa shape index (κ1) is 19.9. The van der Waals surface area contributed by atoms with E-state index in [-0.39, 0.29) is 11.6 Å². The molecule has 12 heteroatoms. The minimum Gasteiger partial charge on any atom is -0.497 e. The molecule has 3 rings (SSSR count). The highest BCUT2D eigenvalue weighted by Gasteiger charge is 2.24. The predicted octanol–water partition coefficient (Wildman–Crippen LogP) is 2.97. The Balaban J connectivity index is 1.79. The molecule has 1 amide bonds. The van der Waals surface area contributed by atoms with Gasteiger partial charge < -0.3 is 10.1 Å². The second-order valence-electron chi connectivity index (χ2n) is 5.77. The van der Waals surface area contributed by atoms with Crippen LogP contribution in [-0.4, -0.2) is 32.9 Å². The molecule has 0 spiro atoms. The number of nitro groups is 1. The summed E-state index contributed by atoms with van der Waals surface area (Å²) in [6.45, 7) is 3.74. The number of hydrazine groups is 1. The van der Waals surface area contributed by atoms with Gasteiger partial charge in [-0.3, -0.25) is 25.8 Å². The van der Waals surface area contributed by atoms with Crippen LogP contribution in [0.2, 0.25) is 0 Å². The summed E-state index contributed by atoms with van der Waals surface area (Å²) in [6, 6.07) is 6.37. The molecule has 1 aromatic carbocycles. The number of aromatic nitrogens is 3. The van der Waals surface area contributed by atoms with Gasteiger partial charge in [0.15, 0.2) is 5.13 Å². The van der Waals surface area contributed by atoms with Crippen molar-refractivity contribution in [3.8, 4) is 5.75 Å². The minimum absolute atomic E-state index is 0.0417. The van der Waals surface area contributed by atoms with Crippen LogP contribution < -0.4 is 20.9 Å². The lowest BCUT2D eigenvalue weighted by Crippen LogP contribution is -2.30. The Morgan fingerprint density at radius 3 is 2.45 bits per heavy atom. The first-order valence-corrected chi connectivity index (χ1v) is 9.11. The topological polar surface area (TPSA) is 144 Å². The Labute approximate surface area is 169 Å². The van der Waals surface area contributed by atoms with Crippen molar-refractivity contribution in [3.05, 3.63) is 56.8 Å². The molecule has 0 aliphatic rings. The monoisotopic (exact) mass is 415 g/mol. The molecule has 0 aliphatic carbocycles. The zero-order valence-corrected chi connectivity index (χ0v) is 16.5. The van der Waals surface area contributed by atoms with Crippen LogP contribution >= 0.6 is 11.3 Å². The van der Waals surface area contributed by atoms with E-state index in [0.717, 1.165) is 16.9 Å². The summed E-state index contributed by atoms with van der Waals surface area (Å²) in [5.41, 5.74) is 5.60. The van der Waals surface area contributed by atoms with Crippen LogP contribution in [0.3, 0.4) is 0 Å². The Hall–Kier alpha value is -3.80. The van der Waals surface area contributed by atoms with Crippen LogP contribution in [0, 0.1) is 24.0 Å². The number of hydrogen-bond donors (Lipinski definition) is 3. The maximum atomic E-state index is 12.3. The van der Waals surface area contributed by atoms with Gasteiger partial charge in [-0.1, -0.05) is 0 Å². The summed E-state index contributed by atoms with van der Waals surface area (Å²) >= 11 is 1.35. The molecule has 0 atom stereocenters. The van der Waals surface area contributed by atoms with E-state index in [9.17, 15) is 14.9 Å². The van der Waals surface area contributed by atoms with Crippen LogP contribution in [0.1, 0.15) is 20.9 Å². The van der Waals surface area contributed by atoms with E-state index >= 15 is 0 Å². The fourth-order valence-corrected chi connectivity index (χ4v) is 3.11. The normalized spacial score (nSPS) is 10.3. The average molecular weight is 415 g/mol. The van der Waals surface area contributed by atoms with E-state index in [2.05, 4.69) is 31.1 Å². The molecule has 0 radical (unpaired) electrons. The first-order chi connectivity index (χ1) is 13.9. The molecule has 0 saturated carbocycles. The number of amides is 1. The number of nitrogens with zero attached hydrogens (tertiary/aromatic N) is 4. The van der Waals surface area contributed by atoms with Gasteiger partial charge in [-0.15, -0.1) is 11.3 Å². The number of thiazole rings is 1. The zero-order valence-electron chi connectivity index (χ0n) is 15.7. The molecule has 2 heterocycles. The van der Waals surface area contributed by atoms with Crippen molar-refractivity contribution >= 4 is 39.7 Å². The molecule has 0 saturated heterocycles. The second kappa shape index (κ2) is 8.48. The smallest absolute Gasteiger partial charge is 0.355 e. The fourth-order valence-electron chi connectivity index (χ4n) is 2.29. The molecule has 29 heavy (non-hydrogen) atoms. The number of benzene rings is 1. The average Bonchev–Trinajstić information content (AvgIpc) is 3.02. The second-order valence-corrected chi connectivity index (χ2v) is 6.97. The molecule has 11 nitrogen and oxygen atoms in total. The maximum absolute atomic E-state index is 12.3. The summed E-state index contributed by atoms with van der Waals surface area (Å²) in [4.78, 5) is 36.3. The summed E-state index contributed by atoms with van der Waals surface area (Å²) in [5.74, 6) is -0.107. The van der Waals surface area contributed by atoms with Crippen LogP contribution in [0.4, 0.5) is 22.5 Å². The van der Waals surface area contributed by atoms with Gasteiger partial charge in [0.1, 0.15) is 12.1 Å². The van der Waals surface area contributed by atoms with Gasteiger partial charge in [0.2, 0.25) is 11.6 Å². The summed E-state index contributed by atoms with van der Waals surface area (Å²) in [6.07, 6.45) is 1.14. The van der Waals surface area contributed by atoms with E-state index < -0.39 is 16.5 Å². The number of methoxy groups -OCH3 is 1. The van der Waals surface area contributed by atoms with Crippen molar-refractivity contribution in [2.75, 3.05) is 17.9 Å². The number of hydrogen-bond acceptors (Lipinski definition) is 10. The van der Waals surface area contributed by atoms with Crippen LogP contribution in [0.5, 0.6) is 5.75 Å². The third kappa shape index (κ3) is 4.55. The molecule has 3 N–H and O–H groups in total. The van der Waals surface area contributed by atoms with Gasteiger partial charge in [-0.05, 0) is 38.1 Å². The van der Waals surface area contributed by atoms with E-state index in [1.54, 1.807) is 24.3 Å². The van der Waals surface area contributed by atoms with Gasteiger partial charge in [0.25, 0.3) is 5.91 Å². The molecule has 0 fully saturated rings. The van der Waals surface area contributed by atoms with Gasteiger partial charge in [0.05, 0.1) is 17.7 Å². The molecule has 0 unspecified atom stereocenters. The number of nitrogens with one attached hydrogen (secondary N) is 3. The van der Waals surface area contributed by atoms with Gasteiger partial charge >= 0.3 is 5.69 Å². The van der Waals surface area contributed by atoms with Gasteiger partial charge in [-0.2, -0.15) is 0 Å². The predicted molar refractivity (Wildman–Crippen MR) is 108 cm³/mol. The SMILES string of the molecule is COc1ccc(C(=O)NNc2ncnc(Nc3nc(C)c(C)s3)c2[N+](=O)[O-])cc1. The van der Waals surface area contributed by atoms with Crippen molar-refractivity contribution in [1.29, 1.82) is 0 Å². The van der Waals surface area contributed by atoms with E-state index in [0.29, 0.717) is 16.4 Å². The summed E-state index contributed by atoms with van der Waals surface area (Å²) in [7, 11) is 1.52. The highest BCUT2D eigenvalue weighted by molar-refractivity contribution is 7.15. The first-order valence-electron chi connectivity index (χ1n) is 8.30. The van der Waals surface area contributed by atoms with Crippen molar-refractivity contribution in [2.24, 2.45) is 0 Å². The van der Waals surface area contributed by atoms with Crippen LogP contribution in [0.25, 0.3) is 0 Å². The standard InChI is InChI=1S/C17H17N7O4S/c1-9-10(2)29-17(20-9)21-14-13(24(26)27)15(19-8-18-14)22-23-16(25)11-4-6-12(28-3)7-5-11/h4-8H,1-3H3,(H,23,25)(H2,18,19,20,21,22). The quantitative estimate of drug-likeness (QED) is 0.392. The van der Waals surface area contributed by atoms with E-state index in [1.165, 1.54) is 18.4 Å². The number of carbonyl (C=O) groups is 1. The highest BCUT2D eigenvalue weighted by Crippen LogP contribution is 2.32. The number of rotatable bonds is 7. The third-order valence-electron chi connectivity index (χ3n) is 3.91. The van der Waals surface area contributed by atoms with Gasteiger partial charge in [0, 0.05) is 10.4 Å². The molecular weight excluding hydrogens is 398 g/mol. The number of carbonyl (C=O) groups excluding carboxylic acids is 1. The molecule has 2 aromatic heterocycles. The van der Waals surface area contributed by atoms with Crippen molar-refractivity contribution in [3.63, 3.8) is 0 Å². The Kier molecular flexibility index (Phi) is 5.83. The summed E-state index contributed by atoms with van der Waals surface area (Å²) in [5, 5.41) is 14.9. The van der Waals surface area contributed by atoms with Crippen molar-refractivity contribution < 1.29 is 14.5 Å². The molecule has 3 aromatic rings. The molecule has 150 valence electrons. The van der Waals surface area contributed by atoms with Crippen molar-refractivity contribution in [2.45, 2.75) is 13.8 Å². The van der Waals surface area contributed by atoms with E-state index in [1.807, 2.05) is 13.8 Å². The Bertz CT molecular complexity index is 1030. The molecule has 0 bridgehead atoms. The third-order valence-corrected chi connectivity index (χ3v) is 4.89. The Morgan fingerprint density at radius 1 is 1.17 bits per heavy atom. The molecular formula is C17H17N7O4S. The van der Waals surface area contributed by atoms with Crippen molar-refractivity contribution in [1.82, 2.24) is 20.4 Å². The van der Waals surface area contributed by atoms with Crippen LogP contribution in [0.15, 0.2) is 30.6 Å². The largest absolute Gasteiger partial charge is 0.497 e. The minimum atomic E-state index is -0.641. The van der Waals surface area contributed by atoms with Gasteiger partial charge in [-0.25, -0.2) is 15.0 Å². The Morgan fingerprint density at radius 2 is 1.86 bits per heavy atom.